The lowest BCUT2D eigenvalue weighted by atomic mass is 10.2. The summed E-state index contributed by atoms with van der Waals surface area (Å²) >= 11 is 6.11. The van der Waals surface area contributed by atoms with Gasteiger partial charge in [-0.25, -0.2) is 0 Å². The Bertz CT molecular complexity index is 983. The number of benzene rings is 2. The molecule has 0 saturated heterocycles. The lowest BCUT2D eigenvalue weighted by Crippen LogP contribution is -2.35. The molecule has 0 aliphatic carbocycles. The maximum Gasteiger partial charge on any atom is 0.237 e. The maximum absolute atomic E-state index is 12.8. The minimum absolute atomic E-state index is 0.102. The van der Waals surface area contributed by atoms with Gasteiger partial charge in [-0.15, -0.1) is 10.2 Å². The number of amides is 2. The quantitative estimate of drug-likeness (QED) is 0.437. The fourth-order valence-corrected chi connectivity index (χ4v) is 4.48. The van der Waals surface area contributed by atoms with Crippen molar-refractivity contribution in [1.29, 1.82) is 0 Å². The van der Waals surface area contributed by atoms with Gasteiger partial charge < -0.3 is 16.0 Å². The molecule has 0 bridgehead atoms. The molecule has 29 heavy (non-hydrogen) atoms. The Morgan fingerprint density at radius 2 is 1.93 bits per heavy atom. The van der Waals surface area contributed by atoms with Crippen LogP contribution in [0.1, 0.15) is 6.42 Å². The van der Waals surface area contributed by atoms with Gasteiger partial charge in [0.2, 0.25) is 16.9 Å². The lowest BCUT2D eigenvalue weighted by Gasteiger charge is -2.22. The van der Waals surface area contributed by atoms with Crippen LogP contribution in [0.25, 0.3) is 0 Å². The second-order valence-corrected chi connectivity index (χ2v) is 9.01. The molecule has 0 saturated carbocycles. The largest absolute Gasteiger partial charge is 0.370 e. The van der Waals surface area contributed by atoms with Crippen molar-refractivity contribution < 1.29 is 9.59 Å². The predicted molar refractivity (Wildman–Crippen MR) is 121 cm³/mol. The summed E-state index contributed by atoms with van der Waals surface area (Å²) in [5.41, 5.74) is 6.87. The Kier molecular flexibility index (Phi) is 7.62. The standard InChI is InChI=1S/C19H18BrN5O2S2/c20-13-5-4-6-14(11-13)22-18-23-24-19(29-18)28-12-17(27)25(10-9-16(21)26)15-7-2-1-3-8-15/h1-8,11H,9-10,12H2,(H2,21,26)(H,22,23). The number of aromatic nitrogens is 2. The summed E-state index contributed by atoms with van der Waals surface area (Å²) in [5, 5.41) is 12.1. The van der Waals surface area contributed by atoms with Gasteiger partial charge in [0.25, 0.3) is 0 Å². The van der Waals surface area contributed by atoms with Crippen LogP contribution in [-0.2, 0) is 9.59 Å². The van der Waals surface area contributed by atoms with E-state index in [2.05, 4.69) is 31.4 Å². The zero-order valence-electron chi connectivity index (χ0n) is 15.2. The number of nitrogens with zero attached hydrogens (tertiary/aromatic N) is 3. The molecule has 3 aromatic rings. The molecule has 2 aromatic carbocycles. The summed E-state index contributed by atoms with van der Waals surface area (Å²) in [6, 6.07) is 16.9. The maximum atomic E-state index is 12.8. The van der Waals surface area contributed by atoms with Gasteiger partial charge in [-0.1, -0.05) is 63.3 Å². The minimum Gasteiger partial charge on any atom is -0.370 e. The van der Waals surface area contributed by atoms with Crippen LogP contribution >= 0.6 is 39.0 Å². The van der Waals surface area contributed by atoms with E-state index in [9.17, 15) is 9.59 Å². The second-order valence-electron chi connectivity index (χ2n) is 5.89. The third kappa shape index (κ3) is 6.55. The first-order valence-electron chi connectivity index (χ1n) is 8.64. The van der Waals surface area contributed by atoms with Gasteiger partial charge in [0.05, 0.1) is 5.75 Å². The normalized spacial score (nSPS) is 10.5. The van der Waals surface area contributed by atoms with Crippen molar-refractivity contribution >= 4 is 67.3 Å². The number of carbonyl (C=O) groups is 2. The van der Waals surface area contributed by atoms with Gasteiger partial charge in [-0.3, -0.25) is 9.59 Å². The molecule has 0 aliphatic rings. The fraction of sp³-hybridized carbons (Fsp3) is 0.158. The highest BCUT2D eigenvalue weighted by molar-refractivity contribution is 9.10. The molecule has 0 radical (unpaired) electrons. The van der Waals surface area contributed by atoms with E-state index in [-0.39, 0.29) is 24.6 Å². The average Bonchev–Trinajstić information content (AvgIpc) is 3.14. The number of carbonyl (C=O) groups excluding carboxylic acids is 2. The average molecular weight is 492 g/mol. The van der Waals surface area contributed by atoms with Crippen molar-refractivity contribution in [3.63, 3.8) is 0 Å². The van der Waals surface area contributed by atoms with Crippen LogP contribution in [0.5, 0.6) is 0 Å². The zero-order chi connectivity index (χ0) is 20.6. The summed E-state index contributed by atoms with van der Waals surface area (Å²) in [7, 11) is 0. The Morgan fingerprint density at radius 3 is 2.66 bits per heavy atom. The number of halogens is 1. The Labute approximate surface area is 184 Å². The predicted octanol–water partition coefficient (Wildman–Crippen LogP) is 4.04. The molecule has 3 rings (SSSR count). The molecule has 0 atom stereocenters. The highest BCUT2D eigenvalue weighted by atomic mass is 79.9. The summed E-state index contributed by atoms with van der Waals surface area (Å²) < 4.78 is 1.64. The first kappa shape index (κ1) is 21.3. The van der Waals surface area contributed by atoms with E-state index in [0.29, 0.717) is 9.47 Å². The second kappa shape index (κ2) is 10.4. The lowest BCUT2D eigenvalue weighted by molar-refractivity contribution is -0.118. The van der Waals surface area contributed by atoms with E-state index in [1.54, 1.807) is 4.90 Å². The molecule has 150 valence electrons. The fourth-order valence-electron chi connectivity index (χ4n) is 2.44. The number of para-hydroxylation sites is 1. The highest BCUT2D eigenvalue weighted by Crippen LogP contribution is 2.29. The van der Waals surface area contributed by atoms with Crippen LogP contribution in [0.15, 0.2) is 63.4 Å². The van der Waals surface area contributed by atoms with E-state index in [1.165, 1.54) is 23.1 Å². The van der Waals surface area contributed by atoms with Crippen LogP contribution in [0.2, 0.25) is 0 Å². The topological polar surface area (TPSA) is 101 Å². The van der Waals surface area contributed by atoms with E-state index < -0.39 is 5.91 Å². The number of anilines is 3. The van der Waals surface area contributed by atoms with Crippen molar-refractivity contribution in [1.82, 2.24) is 10.2 Å². The molecule has 7 nitrogen and oxygen atoms in total. The van der Waals surface area contributed by atoms with E-state index >= 15 is 0 Å². The van der Waals surface area contributed by atoms with Crippen molar-refractivity contribution in [3.8, 4) is 0 Å². The van der Waals surface area contributed by atoms with Crippen LogP contribution in [0.3, 0.4) is 0 Å². The van der Waals surface area contributed by atoms with Gasteiger partial charge in [0.15, 0.2) is 4.34 Å². The Balaban J connectivity index is 1.61. The number of thioether (sulfide) groups is 1. The molecule has 0 spiro atoms. The van der Waals surface area contributed by atoms with Crippen molar-refractivity contribution in [2.45, 2.75) is 10.8 Å². The van der Waals surface area contributed by atoms with Gasteiger partial charge in [-0.2, -0.15) is 0 Å². The molecular weight excluding hydrogens is 474 g/mol. The molecular formula is C19H18BrN5O2S2. The number of hydrogen-bond donors (Lipinski definition) is 2. The summed E-state index contributed by atoms with van der Waals surface area (Å²) in [6.07, 6.45) is 0.102. The first-order chi connectivity index (χ1) is 14.0. The van der Waals surface area contributed by atoms with Crippen LogP contribution in [0, 0.1) is 0 Å². The Hall–Kier alpha value is -2.43. The zero-order valence-corrected chi connectivity index (χ0v) is 18.5. The minimum atomic E-state index is -0.446. The van der Waals surface area contributed by atoms with Crippen LogP contribution < -0.4 is 16.0 Å². The van der Waals surface area contributed by atoms with Crippen molar-refractivity contribution in [2.75, 3.05) is 22.5 Å². The van der Waals surface area contributed by atoms with Gasteiger partial charge in [0, 0.05) is 28.8 Å². The van der Waals surface area contributed by atoms with E-state index in [1.807, 2.05) is 54.6 Å². The van der Waals surface area contributed by atoms with Crippen molar-refractivity contribution in [2.24, 2.45) is 5.73 Å². The first-order valence-corrected chi connectivity index (χ1v) is 11.2. The van der Waals surface area contributed by atoms with E-state index in [0.717, 1.165) is 15.8 Å². The smallest absolute Gasteiger partial charge is 0.237 e. The monoisotopic (exact) mass is 491 g/mol. The summed E-state index contributed by atoms with van der Waals surface area (Å²) in [6.45, 7) is 0.241. The molecule has 10 heteroatoms. The molecule has 1 aromatic heterocycles. The van der Waals surface area contributed by atoms with Crippen LogP contribution in [0.4, 0.5) is 16.5 Å². The number of rotatable bonds is 9. The molecule has 0 fully saturated rings. The van der Waals surface area contributed by atoms with Gasteiger partial charge >= 0.3 is 0 Å². The highest BCUT2D eigenvalue weighted by Gasteiger charge is 2.18. The SMILES string of the molecule is NC(=O)CCN(C(=O)CSc1nnc(Nc2cccc(Br)c2)s1)c1ccccc1. The summed E-state index contributed by atoms with van der Waals surface area (Å²) in [5.74, 6) is -0.392. The molecule has 3 N–H and O–H groups in total. The molecule has 1 heterocycles. The van der Waals surface area contributed by atoms with Gasteiger partial charge in [0.1, 0.15) is 0 Å². The number of nitrogens with one attached hydrogen (secondary N) is 1. The number of hydrogen-bond acceptors (Lipinski definition) is 7. The Morgan fingerprint density at radius 1 is 1.14 bits per heavy atom. The van der Waals surface area contributed by atoms with Crippen LogP contribution in [-0.4, -0.2) is 34.3 Å². The molecule has 2 amide bonds. The molecule has 0 aliphatic heterocycles. The third-order valence-electron chi connectivity index (χ3n) is 3.75. The summed E-state index contributed by atoms with van der Waals surface area (Å²) in [4.78, 5) is 25.5. The number of nitrogens with two attached hydrogens (primary N) is 1. The van der Waals surface area contributed by atoms with E-state index in [4.69, 9.17) is 5.73 Å². The third-order valence-corrected chi connectivity index (χ3v) is 6.20. The molecule has 0 unspecified atom stereocenters. The number of primary amides is 1. The van der Waals surface area contributed by atoms with Gasteiger partial charge in [-0.05, 0) is 30.3 Å². The van der Waals surface area contributed by atoms with Crippen molar-refractivity contribution in [3.05, 3.63) is 59.1 Å².